The van der Waals surface area contributed by atoms with E-state index in [1.54, 1.807) is 83.6 Å². The van der Waals surface area contributed by atoms with E-state index in [4.69, 9.17) is 60.3 Å². The van der Waals surface area contributed by atoms with Crippen LogP contribution in [-0.4, -0.2) is 228 Å². The molecule has 124 heavy (non-hydrogen) atoms. The number of nitriles is 1. The molecule has 0 saturated carbocycles. The van der Waals surface area contributed by atoms with Crippen LogP contribution in [0.3, 0.4) is 0 Å². The van der Waals surface area contributed by atoms with Gasteiger partial charge in [-0.2, -0.15) is 5.26 Å². The molecule has 0 radical (unpaired) electrons. The highest BCUT2D eigenvalue weighted by atomic mass is 16.5. The molecular formula is C99H117N11O14. The first kappa shape index (κ1) is 82.5. The zero-order valence-corrected chi connectivity index (χ0v) is 73.5. The molecule has 5 aromatic rings. The first-order valence-corrected chi connectivity index (χ1v) is 41.7. The fourth-order valence-electron chi connectivity index (χ4n) is 17.1. The van der Waals surface area contributed by atoms with Gasteiger partial charge in [-0.05, 0) is 184 Å². The molecule has 5 aliphatic carbocycles. The van der Waals surface area contributed by atoms with Gasteiger partial charge in [0.2, 0.25) is 0 Å². The van der Waals surface area contributed by atoms with Crippen molar-refractivity contribution in [2.45, 2.75) is 218 Å². The van der Waals surface area contributed by atoms with Gasteiger partial charge in [0.15, 0.2) is 34.7 Å². The van der Waals surface area contributed by atoms with Crippen LogP contribution in [0.2, 0.25) is 0 Å². The number of aryl methyl sites for hydroxylation is 1. The Morgan fingerprint density at radius 3 is 0.895 bits per heavy atom. The summed E-state index contributed by atoms with van der Waals surface area (Å²) >= 11 is 0. The third kappa shape index (κ3) is 20.3. The number of ether oxygens (including phenoxy) is 5. The normalized spacial score (nSPS) is 22.4. The summed E-state index contributed by atoms with van der Waals surface area (Å²) in [7, 11) is 8.27. The summed E-state index contributed by atoms with van der Waals surface area (Å²) in [6.45, 7) is 19.4. The molecule has 5 saturated heterocycles. The number of methoxy groups -OCH3 is 5. The Kier molecular flexibility index (Phi) is 26.2. The lowest BCUT2D eigenvalue weighted by atomic mass is 9.86. The first-order valence-electron chi connectivity index (χ1n) is 45.7. The Balaban J connectivity index is 0.000000159. The predicted octanol–water partition coefficient (Wildman–Crippen LogP) is 11.1. The largest absolute Gasteiger partial charge is 0.387 e. The summed E-state index contributed by atoms with van der Waals surface area (Å²) in [4.78, 5) is 106. The number of piperidine rings is 5. The number of Topliss-reactive ketones (excluding diaryl/α,β-unsaturated/α-hetero) is 6. The second-order valence-corrected chi connectivity index (χ2v) is 33.8. The van der Waals surface area contributed by atoms with E-state index >= 15 is 0 Å². The number of ketones is 6. The van der Waals surface area contributed by atoms with Crippen LogP contribution in [0.4, 0.5) is 0 Å². The third-order valence-electron chi connectivity index (χ3n) is 25.8. The van der Waals surface area contributed by atoms with Gasteiger partial charge in [-0.15, -0.1) is 25.7 Å². The highest BCUT2D eigenvalue weighted by molar-refractivity contribution is 6.13. The maximum absolute atomic E-state index is 12.6. The molecule has 5 aliphatic heterocycles. The molecule has 10 heterocycles. The lowest BCUT2D eigenvalue weighted by molar-refractivity contribution is -0.115. The predicted molar refractivity (Wildman–Crippen MR) is 473 cm³/mol. The van der Waals surface area contributed by atoms with Crippen LogP contribution in [0.1, 0.15) is 251 Å². The molecule has 15 rings (SSSR count). The van der Waals surface area contributed by atoms with E-state index in [2.05, 4.69) is 97.1 Å². The number of aliphatic hydroxyl groups is 3. The molecule has 0 bridgehead atoms. The SMILES string of the molecule is [2H]C(C)(O)c1cc2c(cn1)CC(=O)C(C#C)=C2N1CCC(C)(OC)CC1.[2H]C([2H])(C)c1cc2c(cn1)CC(=O)C(C#C)=C2N1CCC(C)(OC)CC1.[2H]C([2H])([2H])C1(OC)CCN(C2=C(C#C)C(=O)Cc3cnc(C(C)=O)cc32)CC1.[2H][C@@](C)(O)c1cc2c(cn1)CC(=O)C(C#C)=C2N1CCC(C)(OC)CC1.[2H][C@](C)(O)c1cc2c(cn1)CC(=O)C(C#N)=C2N1CCC(C)(OC)CC1. The fourth-order valence-corrected chi connectivity index (χ4v) is 17.1. The summed E-state index contributed by atoms with van der Waals surface area (Å²) in [5, 5.41) is 39.6. The number of hydrogen-bond acceptors (Lipinski definition) is 25. The van der Waals surface area contributed by atoms with Crippen molar-refractivity contribution in [2.24, 2.45) is 0 Å². The number of likely N-dealkylation sites (tertiary alicyclic amines) is 5. The number of nitrogens with zero attached hydrogens (tertiary/aromatic N) is 11. The lowest BCUT2D eigenvalue weighted by Crippen LogP contribution is -2.43. The molecule has 5 aromatic heterocycles. The number of rotatable bonds is 15. The Morgan fingerprint density at radius 1 is 0.427 bits per heavy atom. The summed E-state index contributed by atoms with van der Waals surface area (Å²) in [5.41, 5.74) is 11.8. The molecule has 25 nitrogen and oxygen atoms in total. The number of terminal acetylenes is 4. The average molecular weight is 1690 g/mol. The number of aromatic nitrogens is 5. The van der Waals surface area contributed by atoms with Crippen molar-refractivity contribution in [3.63, 3.8) is 0 Å². The van der Waals surface area contributed by atoms with Crippen molar-refractivity contribution in [3.8, 4) is 55.4 Å². The third-order valence-corrected chi connectivity index (χ3v) is 25.8. The van der Waals surface area contributed by atoms with Crippen LogP contribution in [-0.2, 0) is 86.1 Å². The van der Waals surface area contributed by atoms with Crippen LogP contribution in [0.5, 0.6) is 0 Å². The summed E-state index contributed by atoms with van der Waals surface area (Å²) in [6, 6.07) is 10.5. The number of carbonyl (C=O) groups is 6. The second-order valence-electron chi connectivity index (χ2n) is 33.8. The Morgan fingerprint density at radius 2 is 0.661 bits per heavy atom. The van der Waals surface area contributed by atoms with E-state index < -0.39 is 37.1 Å². The summed E-state index contributed by atoms with van der Waals surface area (Å²) in [5.74, 6) is 9.35. The number of carbonyl (C=O) groups excluding carboxylic acids is 6. The van der Waals surface area contributed by atoms with Crippen LogP contribution in [0.15, 0.2) is 89.2 Å². The quantitative estimate of drug-likeness (QED) is 0.0648. The monoisotopic (exact) mass is 1690 g/mol. The van der Waals surface area contributed by atoms with Gasteiger partial charge in [-0.25, -0.2) is 0 Å². The molecule has 0 spiro atoms. The van der Waals surface area contributed by atoms with E-state index in [-0.39, 0.29) is 130 Å². The number of allylic oxidation sites excluding steroid dienone is 5. The van der Waals surface area contributed by atoms with Crippen LogP contribution < -0.4 is 0 Å². The maximum atomic E-state index is 12.6. The van der Waals surface area contributed by atoms with Crippen molar-refractivity contribution >= 4 is 63.2 Å². The zero-order valence-electron chi connectivity index (χ0n) is 81.5. The van der Waals surface area contributed by atoms with Gasteiger partial charge in [0, 0.05) is 211 Å². The number of pyridine rings is 5. The van der Waals surface area contributed by atoms with Crippen molar-refractivity contribution in [3.05, 3.63) is 173 Å². The van der Waals surface area contributed by atoms with E-state index in [0.717, 1.165) is 109 Å². The van der Waals surface area contributed by atoms with Gasteiger partial charge in [-0.3, -0.25) is 53.7 Å². The van der Waals surface area contributed by atoms with Crippen molar-refractivity contribution in [1.29, 1.82) is 5.26 Å². The molecule has 1 unspecified atom stereocenters. The minimum absolute atomic E-state index is 0.0795. The van der Waals surface area contributed by atoms with Crippen LogP contribution >= 0.6 is 0 Å². The molecule has 10 aliphatic rings. The minimum Gasteiger partial charge on any atom is -0.387 e. The molecule has 0 amide bonds. The Hall–Kier alpha value is -11.1. The topological polar surface area (TPSA) is 314 Å². The van der Waals surface area contributed by atoms with E-state index in [1.807, 2.05) is 9.80 Å². The van der Waals surface area contributed by atoms with Crippen molar-refractivity contribution < 1.29 is 78.7 Å². The van der Waals surface area contributed by atoms with E-state index in [0.29, 0.717) is 120 Å². The van der Waals surface area contributed by atoms with E-state index in [9.17, 15) is 49.3 Å². The molecule has 0 aromatic carbocycles. The summed E-state index contributed by atoms with van der Waals surface area (Å²) in [6.07, 6.45) is 31.4. The lowest BCUT2D eigenvalue weighted by Gasteiger charge is -2.41. The molecule has 5 fully saturated rings. The van der Waals surface area contributed by atoms with Crippen LogP contribution in [0.25, 0.3) is 28.5 Å². The van der Waals surface area contributed by atoms with Crippen molar-refractivity contribution in [1.82, 2.24) is 49.4 Å². The average Bonchev–Trinajstić information content (AvgIpc) is 0.786. The fraction of sp³-hybridized carbons (Fsp3) is 0.495. The van der Waals surface area contributed by atoms with Gasteiger partial charge < -0.3 is 63.5 Å². The number of fused-ring (bicyclic) bond motifs is 5. The van der Waals surface area contributed by atoms with Crippen molar-refractivity contribution in [2.75, 3.05) is 101 Å². The molecule has 3 atom stereocenters. The van der Waals surface area contributed by atoms with Gasteiger partial charge in [-0.1, -0.05) is 30.6 Å². The Bertz CT molecular complexity index is 5220. The van der Waals surface area contributed by atoms with Gasteiger partial charge in [0.1, 0.15) is 17.3 Å². The zero-order chi connectivity index (χ0) is 97.1. The molecule has 652 valence electrons. The minimum atomic E-state index is -2.25. The standard InChI is InChI=1S/2C20H24N2O3.C20H22N2O3.C20H24N2O2.C19H23N3O3/c3*1-5-15-18(24)10-14-12-21-17(13(2)23)11-16(14)19(15)22-8-6-20(3,25-4)7-9-22;1-5-15-12-17-14(13-21-15)11-18(23)16(6-2)19(17)22-9-7-20(3,24-4)8-10-22;1-12(23)16-9-14-13(11-21-16)8-17(24)15(10-20)18(14)22-6-4-19(2,25-3)5-7-22/h2*1,11-13,23H,6-10H2,2-4H3;1,11-12H,6-10H2,2-4H3;2,12-13H,5,7-11H2,1,3-4H3;9,11-12,23H,4-8H2,1-3H3/t13-;;;;12-/m0...1/s1/i2*13D;3D3;5D2;12D. The smallest absolute Gasteiger partial charge is 0.179 e. The second kappa shape index (κ2) is 39.4. The van der Waals surface area contributed by atoms with Gasteiger partial charge >= 0.3 is 0 Å². The first-order chi connectivity index (χ1) is 61.9. The Labute approximate surface area is 741 Å². The van der Waals surface area contributed by atoms with Gasteiger partial charge in [0.25, 0.3) is 0 Å². The molecular weight excluding hydrogens is 1570 g/mol. The number of hydrogen-bond donors (Lipinski definition) is 3. The maximum Gasteiger partial charge on any atom is 0.179 e. The highest BCUT2D eigenvalue weighted by Crippen LogP contribution is 2.44. The molecule has 3 N–H and O–H groups in total. The summed E-state index contributed by atoms with van der Waals surface area (Å²) < 4.78 is 90.8. The van der Waals surface area contributed by atoms with Gasteiger partial charge in [0.05, 0.1) is 118 Å². The molecule has 25 heteroatoms. The highest BCUT2D eigenvalue weighted by Gasteiger charge is 2.42. The van der Waals surface area contributed by atoms with Crippen LogP contribution in [0, 0.1) is 60.7 Å². The van der Waals surface area contributed by atoms with E-state index in [1.165, 1.54) is 47.9 Å².